The summed E-state index contributed by atoms with van der Waals surface area (Å²) in [5.41, 5.74) is 0. The average Bonchev–Trinajstić information content (AvgIpc) is 2.65. The van der Waals surface area contributed by atoms with Gasteiger partial charge in [-0.1, -0.05) is 0 Å². The zero-order valence-corrected chi connectivity index (χ0v) is 15.7. The predicted molar refractivity (Wildman–Crippen MR) is 90.7 cm³/mol. The first-order valence-electron chi connectivity index (χ1n) is 8.37. The van der Waals surface area contributed by atoms with Crippen LogP contribution < -0.4 is 0 Å². The van der Waals surface area contributed by atoms with Crippen LogP contribution in [0.25, 0.3) is 0 Å². The lowest BCUT2D eigenvalue weighted by molar-refractivity contribution is -0.980. The second-order valence-electron chi connectivity index (χ2n) is 6.94. The van der Waals surface area contributed by atoms with Gasteiger partial charge in [-0.3, -0.25) is 65.5 Å². The van der Waals surface area contributed by atoms with Gasteiger partial charge in [0.15, 0.2) is 35.5 Å². The van der Waals surface area contributed by atoms with E-state index >= 15 is 0 Å². The molecule has 32 heavy (non-hydrogen) atoms. The van der Waals surface area contributed by atoms with Crippen molar-refractivity contribution in [3.63, 3.8) is 0 Å². The van der Waals surface area contributed by atoms with E-state index in [0.29, 0.717) is 6.08 Å². The molecule has 0 radical (unpaired) electrons. The molecule has 4 atom stereocenters. The van der Waals surface area contributed by atoms with E-state index in [1.807, 2.05) is 0 Å². The Morgan fingerprint density at radius 3 is 1.53 bits per heavy atom. The zero-order valence-electron chi connectivity index (χ0n) is 15.7. The molecular formula is C12H12N6O14. The molecule has 0 saturated heterocycles. The van der Waals surface area contributed by atoms with Gasteiger partial charge >= 0.3 is 11.6 Å². The van der Waals surface area contributed by atoms with E-state index in [1.54, 1.807) is 0 Å². The molecule has 2 aliphatic rings. The monoisotopic (exact) mass is 464 g/mol. The third-order valence-electron chi connectivity index (χ3n) is 5.76. The maximum atomic E-state index is 12.6. The number of nitrogens with zero attached hydrogens (tertiary/aromatic N) is 6. The van der Waals surface area contributed by atoms with Gasteiger partial charge < -0.3 is 4.74 Å². The number of carbonyl (C=O) groups is 1. The van der Waals surface area contributed by atoms with Crippen molar-refractivity contribution >= 4 is 5.78 Å². The van der Waals surface area contributed by atoms with Crippen LogP contribution >= 0.6 is 0 Å². The van der Waals surface area contributed by atoms with Gasteiger partial charge in [-0.2, -0.15) is 0 Å². The van der Waals surface area contributed by atoms with Gasteiger partial charge in [0.25, 0.3) is 0 Å². The van der Waals surface area contributed by atoms with Crippen molar-refractivity contribution in [1.82, 2.24) is 0 Å². The van der Waals surface area contributed by atoms with Crippen molar-refractivity contribution in [3.8, 4) is 0 Å². The fraction of sp³-hybridized carbons (Fsp3) is 0.750. The number of rotatable bonds is 9. The van der Waals surface area contributed by atoms with E-state index in [0.717, 1.165) is 7.11 Å². The van der Waals surface area contributed by atoms with Crippen molar-refractivity contribution < 1.29 is 39.1 Å². The summed E-state index contributed by atoms with van der Waals surface area (Å²) in [6.45, 7) is 0. The Labute approximate surface area is 173 Å². The smallest absolute Gasteiger partial charge is 0.501 e. The molecule has 0 aromatic rings. The lowest BCUT2D eigenvalue weighted by atomic mass is 9.61. The topological polar surface area (TPSA) is 285 Å². The van der Waals surface area contributed by atoms with Gasteiger partial charge in [-0.25, -0.2) is 0 Å². The number of fused-ring (bicyclic) bond motifs is 2. The molecule has 2 bridgehead atoms. The number of hydrogen-bond donors (Lipinski definition) is 0. The van der Waals surface area contributed by atoms with Crippen LogP contribution in [0.15, 0.2) is 11.8 Å². The molecule has 1 saturated carbocycles. The Kier molecular flexibility index (Phi) is 5.75. The van der Waals surface area contributed by atoms with Crippen LogP contribution in [0.1, 0.15) is 12.8 Å². The highest BCUT2D eigenvalue weighted by atomic mass is 16.7. The highest BCUT2D eigenvalue weighted by Gasteiger charge is 2.83. The standard InChI is InChI=1S/C12H12N6O14/c1-32-10-4-8(12(16(26)27,17(28)29)18(30)31)5-2-6(10)7(3-9(5)19)11(13(20)21,14(22)23)15(24)25/h4-8H,2-3H2,1H3. The maximum Gasteiger partial charge on any atom is 0.706 e. The average molecular weight is 464 g/mol. The third-order valence-corrected chi connectivity index (χ3v) is 5.76. The molecule has 0 aromatic heterocycles. The molecule has 20 heteroatoms. The third kappa shape index (κ3) is 2.86. The van der Waals surface area contributed by atoms with E-state index in [2.05, 4.69) is 0 Å². The van der Waals surface area contributed by atoms with E-state index in [-0.39, 0.29) is 0 Å². The van der Waals surface area contributed by atoms with Crippen LogP contribution in [0.4, 0.5) is 0 Å². The second-order valence-corrected chi connectivity index (χ2v) is 6.94. The largest absolute Gasteiger partial charge is 0.706 e. The normalized spacial score (nSPS) is 25.3. The fourth-order valence-corrected chi connectivity index (χ4v) is 4.34. The number of ketones is 1. The highest BCUT2D eigenvalue weighted by Crippen LogP contribution is 2.51. The number of methoxy groups -OCH3 is 1. The van der Waals surface area contributed by atoms with Crippen LogP contribution in [-0.2, 0) is 9.53 Å². The van der Waals surface area contributed by atoms with E-state index in [1.165, 1.54) is 0 Å². The Morgan fingerprint density at radius 1 is 0.781 bits per heavy atom. The lowest BCUT2D eigenvalue weighted by Gasteiger charge is -2.39. The second kappa shape index (κ2) is 7.70. The summed E-state index contributed by atoms with van der Waals surface area (Å²) in [5.74, 6) is -18.3. The summed E-state index contributed by atoms with van der Waals surface area (Å²) in [4.78, 5) is 70.4. The minimum atomic E-state index is -4.14. The highest BCUT2D eigenvalue weighted by molar-refractivity contribution is 5.83. The Hall–Kier alpha value is -4.39. The molecule has 2 aliphatic carbocycles. The Morgan fingerprint density at radius 2 is 1.19 bits per heavy atom. The van der Waals surface area contributed by atoms with E-state index < -0.39 is 89.2 Å². The van der Waals surface area contributed by atoms with Crippen molar-refractivity contribution in [2.45, 2.75) is 24.4 Å². The van der Waals surface area contributed by atoms with Gasteiger partial charge in [-0.15, -0.1) is 0 Å². The number of Topliss-reactive ketones (excluding diaryl/α,β-unsaturated/α-hetero) is 1. The van der Waals surface area contributed by atoms with E-state index in [9.17, 15) is 65.5 Å². The first-order valence-corrected chi connectivity index (χ1v) is 8.37. The van der Waals surface area contributed by atoms with Crippen LogP contribution in [-0.4, -0.2) is 54.0 Å². The molecule has 20 nitrogen and oxygen atoms in total. The first kappa shape index (κ1) is 23.9. The molecule has 0 N–H and O–H groups in total. The molecule has 1 fully saturated rings. The molecule has 0 aromatic carbocycles. The minimum absolute atomic E-state index is 0.446. The number of allylic oxidation sites excluding steroid dienone is 1. The number of nitro groups is 6. The van der Waals surface area contributed by atoms with Gasteiger partial charge in [0.2, 0.25) is 5.92 Å². The molecule has 0 aliphatic heterocycles. The number of carbonyl (C=O) groups excluding carboxylic acids is 1. The fourth-order valence-electron chi connectivity index (χ4n) is 4.34. The molecule has 174 valence electrons. The van der Waals surface area contributed by atoms with E-state index in [4.69, 9.17) is 4.74 Å². The van der Waals surface area contributed by atoms with Crippen LogP contribution in [0.3, 0.4) is 0 Å². The molecule has 0 amide bonds. The summed E-state index contributed by atoms with van der Waals surface area (Å²) in [5, 5.41) is 68.6. The van der Waals surface area contributed by atoms with Gasteiger partial charge in [0.1, 0.15) is 5.78 Å². The van der Waals surface area contributed by atoms with Crippen LogP contribution in [0.2, 0.25) is 0 Å². The van der Waals surface area contributed by atoms with Crippen molar-refractivity contribution in [2.75, 3.05) is 7.11 Å². The molecule has 0 heterocycles. The van der Waals surface area contributed by atoms with Gasteiger partial charge in [0, 0.05) is 18.3 Å². The summed E-state index contributed by atoms with van der Waals surface area (Å²) < 4.78 is 4.86. The Bertz CT molecular complexity index is 903. The zero-order chi connectivity index (χ0) is 24.8. The minimum Gasteiger partial charge on any atom is -0.501 e. The van der Waals surface area contributed by atoms with Crippen molar-refractivity contribution in [1.29, 1.82) is 0 Å². The maximum absolute atomic E-state index is 12.6. The summed E-state index contributed by atoms with van der Waals surface area (Å²) in [6.07, 6.45) is -1.69. The van der Waals surface area contributed by atoms with Gasteiger partial charge in [-0.05, 0) is 12.5 Å². The van der Waals surface area contributed by atoms with Crippen molar-refractivity contribution in [3.05, 3.63) is 72.5 Å². The predicted octanol–water partition coefficient (Wildman–Crippen LogP) is -0.674. The quantitative estimate of drug-likeness (QED) is 0.232. The molecule has 2 rings (SSSR count). The summed E-state index contributed by atoms with van der Waals surface area (Å²) >= 11 is 0. The molecule has 0 spiro atoms. The summed E-state index contributed by atoms with van der Waals surface area (Å²) in [7, 11) is 0.842. The summed E-state index contributed by atoms with van der Waals surface area (Å²) in [6, 6.07) is 0. The SMILES string of the molecule is COC1=CC(C([N+](=O)[O-])([N+](=O)[O-])[N+](=O)[O-])C2CC1C(C([N+](=O)[O-])([N+](=O)[O-])[N+](=O)[O-])CC2=O. The lowest BCUT2D eigenvalue weighted by Crippen LogP contribution is -2.66. The Balaban J connectivity index is 2.80. The first-order chi connectivity index (χ1) is 14.7. The van der Waals surface area contributed by atoms with Gasteiger partial charge in [0.05, 0.1) is 12.9 Å². The molecule has 4 unspecified atom stereocenters. The molecular weight excluding hydrogens is 452 g/mol. The number of ether oxygens (including phenoxy) is 1. The van der Waals surface area contributed by atoms with Crippen molar-refractivity contribution in [2.24, 2.45) is 23.7 Å². The van der Waals surface area contributed by atoms with Crippen LogP contribution in [0, 0.1) is 84.4 Å². The number of hydrogen-bond acceptors (Lipinski definition) is 14. The van der Waals surface area contributed by atoms with Crippen LogP contribution in [0.5, 0.6) is 0 Å².